The van der Waals surface area contributed by atoms with Crippen LogP contribution in [0, 0.1) is 34.5 Å². The third kappa shape index (κ3) is 3.88. The summed E-state index contributed by atoms with van der Waals surface area (Å²) in [4.78, 5) is 50.7. The number of ketones is 1. The fraction of sp³-hybridized carbons (Fsp3) is 0.655. The molecule has 0 aromatic rings. The Morgan fingerprint density at radius 1 is 1.16 bits per heavy atom. The molecule has 9 nitrogen and oxygen atoms in total. The second-order valence-corrected chi connectivity index (χ2v) is 11.7. The summed E-state index contributed by atoms with van der Waals surface area (Å²) in [5.41, 5.74) is -3.29. The van der Waals surface area contributed by atoms with Crippen LogP contribution in [0.5, 0.6) is 0 Å². The molecule has 0 radical (unpaired) electrons. The van der Waals surface area contributed by atoms with E-state index in [0.717, 1.165) is 0 Å². The number of Topliss-reactive ketones (excluding diaryl/α,β-unsaturated/α-hetero) is 1. The average molecular weight is 531 g/mol. The molecule has 4 rings (SSSR count). The summed E-state index contributed by atoms with van der Waals surface area (Å²) < 4.78 is 16.4. The summed E-state index contributed by atoms with van der Waals surface area (Å²) in [6.45, 7) is 11.2. The van der Waals surface area contributed by atoms with Crippen LogP contribution >= 0.6 is 0 Å². The highest BCUT2D eigenvalue weighted by atomic mass is 16.6. The zero-order valence-corrected chi connectivity index (χ0v) is 23.1. The Morgan fingerprint density at radius 2 is 1.79 bits per heavy atom. The number of allylic oxidation sites excluding steroid dienone is 2. The number of carbonyl (C=O) groups is 4. The van der Waals surface area contributed by atoms with Gasteiger partial charge < -0.3 is 24.4 Å². The van der Waals surface area contributed by atoms with E-state index >= 15 is 0 Å². The molecule has 38 heavy (non-hydrogen) atoms. The number of fused-ring (bicyclic) bond motifs is 3. The predicted octanol–water partition coefficient (Wildman–Crippen LogP) is 2.45. The minimum atomic E-state index is -2.22. The van der Waals surface area contributed by atoms with Crippen molar-refractivity contribution in [1.29, 1.82) is 0 Å². The normalized spacial score (nSPS) is 41.5. The quantitative estimate of drug-likeness (QED) is 0.230. The van der Waals surface area contributed by atoms with E-state index in [4.69, 9.17) is 14.2 Å². The van der Waals surface area contributed by atoms with Gasteiger partial charge in [-0.2, -0.15) is 0 Å². The van der Waals surface area contributed by atoms with E-state index in [9.17, 15) is 29.4 Å². The first-order chi connectivity index (χ1) is 17.7. The number of aliphatic hydroxyl groups excluding tert-OH is 1. The first-order valence-corrected chi connectivity index (χ1v) is 13.1. The SMILES string of the molecule is CC=C(C)C(=O)OC1C(C)=CC23C(=O)C(C=C(COC(C)=O)C(O)C12O)C1C(CC3C)C1(C)COC(C)=O. The molecule has 208 valence electrons. The van der Waals surface area contributed by atoms with Crippen LogP contribution in [0.1, 0.15) is 54.9 Å². The van der Waals surface area contributed by atoms with Gasteiger partial charge in [0, 0.05) is 30.8 Å². The smallest absolute Gasteiger partial charge is 0.334 e. The lowest BCUT2D eigenvalue weighted by Crippen LogP contribution is -2.66. The molecule has 0 aliphatic heterocycles. The Bertz CT molecular complexity index is 1160. The fourth-order valence-electron chi connectivity index (χ4n) is 7.37. The van der Waals surface area contributed by atoms with Crippen LogP contribution in [0.15, 0.2) is 34.9 Å². The van der Waals surface area contributed by atoms with Gasteiger partial charge in [-0.05, 0) is 56.1 Å². The molecule has 2 bridgehead atoms. The van der Waals surface area contributed by atoms with Gasteiger partial charge in [0.25, 0.3) is 0 Å². The van der Waals surface area contributed by atoms with Crippen LogP contribution < -0.4 is 0 Å². The molecule has 0 heterocycles. The van der Waals surface area contributed by atoms with Gasteiger partial charge in [0.05, 0.1) is 12.0 Å². The summed E-state index contributed by atoms with van der Waals surface area (Å²) in [5.74, 6) is -3.33. The third-order valence-corrected chi connectivity index (χ3v) is 9.52. The molecule has 0 aromatic carbocycles. The number of rotatable bonds is 6. The molecule has 9 unspecified atom stereocenters. The number of ether oxygens (including phenoxy) is 3. The molecule has 1 spiro atoms. The molecule has 0 amide bonds. The van der Waals surface area contributed by atoms with Crippen molar-refractivity contribution in [1.82, 2.24) is 0 Å². The number of esters is 3. The fourth-order valence-corrected chi connectivity index (χ4v) is 7.37. The third-order valence-electron chi connectivity index (χ3n) is 9.52. The van der Waals surface area contributed by atoms with E-state index < -0.39 is 58.4 Å². The van der Waals surface area contributed by atoms with Crippen molar-refractivity contribution in [3.63, 3.8) is 0 Å². The van der Waals surface area contributed by atoms with Crippen molar-refractivity contribution in [2.45, 2.75) is 72.7 Å². The van der Waals surface area contributed by atoms with Crippen molar-refractivity contribution in [2.75, 3.05) is 13.2 Å². The van der Waals surface area contributed by atoms with E-state index in [0.29, 0.717) is 17.6 Å². The van der Waals surface area contributed by atoms with Crippen molar-refractivity contribution < 1.29 is 43.6 Å². The van der Waals surface area contributed by atoms with Gasteiger partial charge in [-0.3, -0.25) is 14.4 Å². The molecular formula is C29H38O9. The molecular weight excluding hydrogens is 492 g/mol. The molecule has 9 atom stereocenters. The maximum absolute atomic E-state index is 14.6. The van der Waals surface area contributed by atoms with Crippen LogP contribution in [0.3, 0.4) is 0 Å². The molecule has 4 aliphatic rings. The van der Waals surface area contributed by atoms with Gasteiger partial charge in [0.2, 0.25) is 0 Å². The predicted molar refractivity (Wildman–Crippen MR) is 135 cm³/mol. The number of hydrogen-bond acceptors (Lipinski definition) is 9. The first-order valence-electron chi connectivity index (χ1n) is 13.1. The minimum Gasteiger partial charge on any atom is -0.465 e. The lowest BCUT2D eigenvalue weighted by atomic mass is 9.59. The molecule has 0 saturated heterocycles. The van der Waals surface area contributed by atoms with Crippen molar-refractivity contribution in [3.8, 4) is 0 Å². The second-order valence-electron chi connectivity index (χ2n) is 11.7. The highest BCUT2D eigenvalue weighted by Gasteiger charge is 2.77. The summed E-state index contributed by atoms with van der Waals surface area (Å²) in [5, 5.41) is 24.3. The van der Waals surface area contributed by atoms with Gasteiger partial charge in [0.15, 0.2) is 17.5 Å². The monoisotopic (exact) mass is 530 g/mol. The van der Waals surface area contributed by atoms with Crippen molar-refractivity contribution in [3.05, 3.63) is 34.9 Å². The maximum Gasteiger partial charge on any atom is 0.334 e. The van der Waals surface area contributed by atoms with Crippen molar-refractivity contribution >= 4 is 23.7 Å². The van der Waals surface area contributed by atoms with Crippen LogP contribution in [0.4, 0.5) is 0 Å². The number of aliphatic hydroxyl groups is 2. The van der Waals surface area contributed by atoms with Gasteiger partial charge in [-0.1, -0.05) is 32.1 Å². The van der Waals surface area contributed by atoms with E-state index in [2.05, 4.69) is 0 Å². The minimum absolute atomic E-state index is 0.0106. The Hall–Kier alpha value is -2.78. The zero-order valence-electron chi connectivity index (χ0n) is 23.1. The second kappa shape index (κ2) is 9.45. The Morgan fingerprint density at radius 3 is 2.37 bits per heavy atom. The average Bonchev–Trinajstić information content (AvgIpc) is 3.38. The Balaban J connectivity index is 1.87. The van der Waals surface area contributed by atoms with Crippen LogP contribution in [-0.4, -0.2) is 64.9 Å². The Labute approximate surface area is 222 Å². The van der Waals surface area contributed by atoms with Gasteiger partial charge in [-0.25, -0.2) is 4.79 Å². The van der Waals surface area contributed by atoms with Crippen LogP contribution in [0.25, 0.3) is 0 Å². The number of hydrogen-bond donors (Lipinski definition) is 2. The maximum atomic E-state index is 14.6. The van der Waals surface area contributed by atoms with E-state index in [1.165, 1.54) is 13.8 Å². The molecule has 2 saturated carbocycles. The lowest BCUT2D eigenvalue weighted by molar-refractivity contribution is -0.202. The van der Waals surface area contributed by atoms with Crippen molar-refractivity contribution in [2.24, 2.45) is 34.5 Å². The standard InChI is InChI=1S/C29H38O9/c1-8-14(2)26(34)38-25-15(3)11-28-16(4)9-21-22(27(21,7)13-37-18(6)31)20(24(28)33)10-19(12-36-17(5)30)23(32)29(25,28)35/h8,10-11,16,20-23,25,32,35H,9,12-13H2,1-7H3. The highest BCUT2D eigenvalue weighted by molar-refractivity contribution is 5.96. The Kier molecular flexibility index (Phi) is 7.02. The van der Waals surface area contributed by atoms with Crippen LogP contribution in [0.2, 0.25) is 0 Å². The summed E-state index contributed by atoms with van der Waals surface area (Å²) in [6.07, 6.45) is 2.44. The summed E-state index contributed by atoms with van der Waals surface area (Å²) >= 11 is 0. The first kappa shape index (κ1) is 28.2. The zero-order chi connectivity index (χ0) is 28.4. The van der Waals surface area contributed by atoms with Gasteiger partial charge in [0.1, 0.15) is 12.7 Å². The molecule has 2 fully saturated rings. The van der Waals surface area contributed by atoms with E-state index in [-0.39, 0.29) is 36.4 Å². The summed E-state index contributed by atoms with van der Waals surface area (Å²) in [6, 6.07) is 0. The molecule has 4 aliphatic carbocycles. The number of carbonyl (C=O) groups excluding carboxylic acids is 4. The van der Waals surface area contributed by atoms with E-state index in [1.807, 2.05) is 13.8 Å². The van der Waals surface area contributed by atoms with E-state index in [1.54, 1.807) is 39.0 Å². The van der Waals surface area contributed by atoms with Crippen LogP contribution in [-0.2, 0) is 33.4 Å². The van der Waals surface area contributed by atoms with Gasteiger partial charge in [-0.15, -0.1) is 0 Å². The molecule has 0 aromatic heterocycles. The topological polar surface area (TPSA) is 136 Å². The molecule has 2 N–H and O–H groups in total. The largest absolute Gasteiger partial charge is 0.465 e. The molecule has 9 heteroatoms. The summed E-state index contributed by atoms with van der Waals surface area (Å²) in [7, 11) is 0. The lowest BCUT2D eigenvalue weighted by Gasteiger charge is -2.48. The highest BCUT2D eigenvalue weighted by Crippen LogP contribution is 2.72. The van der Waals surface area contributed by atoms with Gasteiger partial charge >= 0.3 is 17.9 Å².